The predicted molar refractivity (Wildman–Crippen MR) is 55.1 cm³/mol. The molecule has 1 N–H and O–H groups in total. The molecule has 0 aliphatic rings. The zero-order chi connectivity index (χ0) is 8.97. The molecule has 1 nitrogen and oxygen atoms in total. The molecule has 0 aromatic heterocycles. The van der Waals surface area contributed by atoms with Gasteiger partial charge in [0.25, 0.3) is 0 Å². The van der Waals surface area contributed by atoms with E-state index in [1.807, 2.05) is 0 Å². The number of hydrogen-bond donors (Lipinski definition) is 1. The Balaban J connectivity index is 2.81. The van der Waals surface area contributed by atoms with E-state index in [9.17, 15) is 0 Å². The van der Waals surface area contributed by atoms with Gasteiger partial charge in [-0.2, -0.15) is 0 Å². The molecule has 0 saturated carbocycles. The lowest BCUT2D eigenvalue weighted by Crippen LogP contribution is -2.05. The van der Waals surface area contributed by atoms with Gasteiger partial charge in [-0.1, -0.05) is 18.2 Å². The average Bonchev–Trinajstić information content (AvgIpc) is 2.04. The minimum atomic E-state index is 0.647. The lowest BCUT2D eigenvalue weighted by atomic mass is 10.1. The summed E-state index contributed by atoms with van der Waals surface area (Å²) in [6.07, 6.45) is 0. The van der Waals surface area contributed by atoms with Crippen LogP contribution in [0.15, 0.2) is 18.2 Å². The highest BCUT2D eigenvalue weighted by molar-refractivity contribution is 6.18. The topological polar surface area (TPSA) is 12.0 Å². The molecule has 0 unspecified atom stereocenters. The van der Waals surface area contributed by atoms with Gasteiger partial charge in [0.1, 0.15) is 0 Å². The normalized spacial score (nSPS) is 9.92. The van der Waals surface area contributed by atoms with Crippen molar-refractivity contribution in [2.24, 2.45) is 0 Å². The van der Waals surface area contributed by atoms with E-state index < -0.39 is 0 Å². The van der Waals surface area contributed by atoms with Crippen LogP contribution in [-0.2, 0) is 0 Å². The average molecular weight is 184 g/mol. The van der Waals surface area contributed by atoms with Crippen molar-refractivity contribution in [1.82, 2.24) is 0 Å². The van der Waals surface area contributed by atoms with Gasteiger partial charge >= 0.3 is 0 Å². The highest BCUT2D eigenvalue weighted by Gasteiger charge is 1.98. The third kappa shape index (κ3) is 2.15. The number of anilines is 1. The minimum absolute atomic E-state index is 0.647. The summed E-state index contributed by atoms with van der Waals surface area (Å²) in [6.45, 7) is 5.03. The standard InChI is InChI=1S/C10H14ClN/c1-8-4-3-5-9(2)10(8)12-7-6-11/h3-5,12H,6-7H2,1-2H3. The van der Waals surface area contributed by atoms with Gasteiger partial charge in [0, 0.05) is 18.1 Å². The monoisotopic (exact) mass is 183 g/mol. The van der Waals surface area contributed by atoms with E-state index in [0.717, 1.165) is 6.54 Å². The van der Waals surface area contributed by atoms with Gasteiger partial charge in [-0.3, -0.25) is 0 Å². The molecule has 0 fully saturated rings. The fourth-order valence-corrected chi connectivity index (χ4v) is 1.36. The molecule has 0 saturated heterocycles. The zero-order valence-electron chi connectivity index (χ0n) is 7.52. The third-order valence-electron chi connectivity index (χ3n) is 1.88. The molecule has 0 heterocycles. The van der Waals surface area contributed by atoms with Gasteiger partial charge in [0.2, 0.25) is 0 Å². The number of hydrogen-bond acceptors (Lipinski definition) is 1. The van der Waals surface area contributed by atoms with Gasteiger partial charge < -0.3 is 5.32 Å². The number of nitrogens with one attached hydrogen (secondary N) is 1. The maximum Gasteiger partial charge on any atom is 0.0399 e. The maximum atomic E-state index is 5.59. The van der Waals surface area contributed by atoms with Crippen LogP contribution in [0.5, 0.6) is 0 Å². The van der Waals surface area contributed by atoms with Crippen LogP contribution >= 0.6 is 11.6 Å². The minimum Gasteiger partial charge on any atom is -0.383 e. The Bertz CT molecular complexity index is 238. The van der Waals surface area contributed by atoms with Crippen LogP contribution in [0.1, 0.15) is 11.1 Å². The SMILES string of the molecule is Cc1cccc(C)c1NCCCl. The van der Waals surface area contributed by atoms with Crippen LogP contribution in [0.2, 0.25) is 0 Å². The first-order chi connectivity index (χ1) is 5.75. The summed E-state index contributed by atoms with van der Waals surface area (Å²) in [4.78, 5) is 0. The van der Waals surface area contributed by atoms with E-state index in [0.29, 0.717) is 5.88 Å². The van der Waals surface area contributed by atoms with Gasteiger partial charge in [-0.25, -0.2) is 0 Å². The molecule has 1 aromatic rings. The van der Waals surface area contributed by atoms with Gasteiger partial charge in [0.15, 0.2) is 0 Å². The molecule has 1 rings (SSSR count). The van der Waals surface area contributed by atoms with Crippen molar-refractivity contribution in [1.29, 1.82) is 0 Å². The quantitative estimate of drug-likeness (QED) is 0.711. The molecule has 66 valence electrons. The number of rotatable bonds is 3. The summed E-state index contributed by atoms with van der Waals surface area (Å²) in [7, 11) is 0. The number of alkyl halides is 1. The Labute approximate surface area is 78.7 Å². The molecule has 12 heavy (non-hydrogen) atoms. The van der Waals surface area contributed by atoms with Crippen molar-refractivity contribution < 1.29 is 0 Å². The summed E-state index contributed by atoms with van der Waals surface area (Å²) in [5.41, 5.74) is 3.78. The second-order valence-corrected chi connectivity index (χ2v) is 3.26. The first kappa shape index (κ1) is 9.40. The number of benzene rings is 1. The molecule has 0 amide bonds. The van der Waals surface area contributed by atoms with Gasteiger partial charge in [-0.15, -0.1) is 11.6 Å². The first-order valence-electron chi connectivity index (χ1n) is 4.11. The molecular weight excluding hydrogens is 170 g/mol. The molecule has 0 spiro atoms. The Kier molecular flexibility index (Phi) is 3.42. The summed E-state index contributed by atoms with van der Waals surface area (Å²) in [5, 5.41) is 3.30. The van der Waals surface area contributed by atoms with Crippen LogP contribution in [0.4, 0.5) is 5.69 Å². The van der Waals surface area contributed by atoms with Crippen molar-refractivity contribution in [3.05, 3.63) is 29.3 Å². The van der Waals surface area contributed by atoms with Gasteiger partial charge in [0.05, 0.1) is 0 Å². The molecule has 1 aromatic carbocycles. The Hall–Kier alpha value is -0.690. The predicted octanol–water partition coefficient (Wildman–Crippen LogP) is 2.95. The number of aryl methyl sites for hydroxylation is 2. The van der Waals surface area contributed by atoms with Crippen molar-refractivity contribution in [2.75, 3.05) is 17.7 Å². The Morgan fingerprint density at radius 2 is 1.83 bits per heavy atom. The summed E-state index contributed by atoms with van der Waals surface area (Å²) >= 11 is 5.59. The molecular formula is C10H14ClN. The molecule has 0 bridgehead atoms. The summed E-state index contributed by atoms with van der Waals surface area (Å²) in [5.74, 6) is 0.647. The zero-order valence-corrected chi connectivity index (χ0v) is 8.28. The summed E-state index contributed by atoms with van der Waals surface area (Å²) < 4.78 is 0. The van der Waals surface area contributed by atoms with Gasteiger partial charge in [-0.05, 0) is 25.0 Å². The van der Waals surface area contributed by atoms with Crippen LogP contribution in [-0.4, -0.2) is 12.4 Å². The van der Waals surface area contributed by atoms with Crippen molar-refractivity contribution >= 4 is 17.3 Å². The van der Waals surface area contributed by atoms with Crippen molar-refractivity contribution in [2.45, 2.75) is 13.8 Å². The van der Waals surface area contributed by atoms with Crippen LogP contribution < -0.4 is 5.32 Å². The molecule has 0 atom stereocenters. The Morgan fingerprint density at radius 3 is 2.33 bits per heavy atom. The van der Waals surface area contributed by atoms with Crippen molar-refractivity contribution in [3.63, 3.8) is 0 Å². The lowest BCUT2D eigenvalue weighted by molar-refractivity contribution is 1.19. The van der Waals surface area contributed by atoms with Crippen LogP contribution in [0.25, 0.3) is 0 Å². The molecule has 0 aliphatic heterocycles. The largest absolute Gasteiger partial charge is 0.383 e. The van der Waals surface area contributed by atoms with E-state index in [-0.39, 0.29) is 0 Å². The second kappa shape index (κ2) is 4.36. The van der Waals surface area contributed by atoms with E-state index in [1.165, 1.54) is 16.8 Å². The number of para-hydroxylation sites is 1. The molecule has 0 radical (unpaired) electrons. The highest BCUT2D eigenvalue weighted by atomic mass is 35.5. The van der Waals surface area contributed by atoms with Crippen LogP contribution in [0.3, 0.4) is 0 Å². The van der Waals surface area contributed by atoms with E-state index in [4.69, 9.17) is 11.6 Å². The van der Waals surface area contributed by atoms with E-state index in [1.54, 1.807) is 0 Å². The second-order valence-electron chi connectivity index (χ2n) is 2.88. The smallest absolute Gasteiger partial charge is 0.0399 e. The molecule has 0 aliphatic carbocycles. The fourth-order valence-electron chi connectivity index (χ4n) is 1.27. The van der Waals surface area contributed by atoms with E-state index >= 15 is 0 Å². The van der Waals surface area contributed by atoms with Crippen molar-refractivity contribution in [3.8, 4) is 0 Å². The van der Waals surface area contributed by atoms with Crippen LogP contribution in [0, 0.1) is 13.8 Å². The highest BCUT2D eigenvalue weighted by Crippen LogP contribution is 2.18. The maximum absolute atomic E-state index is 5.59. The number of halogens is 1. The summed E-state index contributed by atoms with van der Waals surface area (Å²) in [6, 6.07) is 6.27. The molecule has 2 heteroatoms. The van der Waals surface area contributed by atoms with E-state index in [2.05, 4.69) is 37.4 Å². The third-order valence-corrected chi connectivity index (χ3v) is 2.07. The first-order valence-corrected chi connectivity index (χ1v) is 4.65. The lowest BCUT2D eigenvalue weighted by Gasteiger charge is -2.10. The fraction of sp³-hybridized carbons (Fsp3) is 0.400. The Morgan fingerprint density at radius 1 is 1.25 bits per heavy atom.